The molecule has 5 heteroatoms. The fraction of sp³-hybridized carbons (Fsp3) is 0.167. The zero-order valence-corrected chi connectivity index (χ0v) is 13.2. The van der Waals surface area contributed by atoms with Crippen LogP contribution in [0.1, 0.15) is 0 Å². The van der Waals surface area contributed by atoms with Crippen LogP contribution < -0.4 is 0 Å². The highest BCUT2D eigenvalue weighted by atomic mass is 16.2. The van der Waals surface area contributed by atoms with Crippen molar-refractivity contribution in [1.82, 2.24) is 19.7 Å². The van der Waals surface area contributed by atoms with Crippen LogP contribution in [-0.4, -0.2) is 39.7 Å². The van der Waals surface area contributed by atoms with Crippen molar-refractivity contribution in [3.05, 3.63) is 60.7 Å². The van der Waals surface area contributed by atoms with Crippen molar-refractivity contribution in [3.63, 3.8) is 0 Å². The molecule has 0 atom stereocenters. The molecule has 0 fully saturated rings. The van der Waals surface area contributed by atoms with Gasteiger partial charge in [0.2, 0.25) is 5.91 Å². The van der Waals surface area contributed by atoms with E-state index in [0.717, 1.165) is 11.1 Å². The number of carbonyl (C=O) groups excluding carboxylic acids is 1. The van der Waals surface area contributed by atoms with E-state index in [1.807, 2.05) is 60.7 Å². The molecular formula is C18H18N4O. The molecule has 0 saturated heterocycles. The summed E-state index contributed by atoms with van der Waals surface area (Å²) < 4.78 is 1.67. The maximum Gasteiger partial charge on any atom is 0.243 e. The second-order valence-electron chi connectivity index (χ2n) is 5.44. The summed E-state index contributed by atoms with van der Waals surface area (Å²) in [6.45, 7) is 0.164. The minimum absolute atomic E-state index is 0.0216. The second-order valence-corrected chi connectivity index (χ2v) is 5.44. The molecule has 0 aliphatic heterocycles. The van der Waals surface area contributed by atoms with Gasteiger partial charge in [0, 0.05) is 25.2 Å². The fourth-order valence-electron chi connectivity index (χ4n) is 2.23. The predicted octanol–water partition coefficient (Wildman–Crippen LogP) is 2.70. The Kier molecular flexibility index (Phi) is 4.19. The smallest absolute Gasteiger partial charge is 0.243 e. The van der Waals surface area contributed by atoms with Crippen molar-refractivity contribution in [2.24, 2.45) is 0 Å². The highest BCUT2D eigenvalue weighted by Gasteiger charge is 2.16. The summed E-state index contributed by atoms with van der Waals surface area (Å²) >= 11 is 0. The van der Waals surface area contributed by atoms with Crippen molar-refractivity contribution in [2.75, 3.05) is 14.1 Å². The van der Waals surface area contributed by atoms with E-state index in [9.17, 15) is 4.79 Å². The minimum Gasteiger partial charge on any atom is -0.347 e. The van der Waals surface area contributed by atoms with Gasteiger partial charge in [-0.1, -0.05) is 60.7 Å². The fourth-order valence-corrected chi connectivity index (χ4v) is 2.23. The number of benzene rings is 2. The first kappa shape index (κ1) is 15.0. The summed E-state index contributed by atoms with van der Waals surface area (Å²) in [7, 11) is 3.47. The average Bonchev–Trinajstić information content (AvgIpc) is 3.00. The van der Waals surface area contributed by atoms with Gasteiger partial charge in [-0.25, -0.2) is 9.67 Å². The lowest BCUT2D eigenvalue weighted by Gasteiger charge is -2.11. The molecule has 0 unspecified atom stereocenters. The predicted molar refractivity (Wildman–Crippen MR) is 89.6 cm³/mol. The summed E-state index contributed by atoms with van der Waals surface area (Å²) in [5, 5.41) is 4.54. The van der Waals surface area contributed by atoms with Gasteiger partial charge in [0.1, 0.15) is 6.54 Å². The van der Waals surface area contributed by atoms with Gasteiger partial charge < -0.3 is 4.90 Å². The molecule has 0 aliphatic rings. The Hall–Kier alpha value is -2.95. The van der Waals surface area contributed by atoms with Crippen LogP contribution in [0.4, 0.5) is 0 Å². The van der Waals surface area contributed by atoms with Crippen LogP contribution in [0.15, 0.2) is 60.7 Å². The van der Waals surface area contributed by atoms with E-state index in [0.29, 0.717) is 11.6 Å². The number of carbonyl (C=O) groups is 1. The number of hydrogen-bond donors (Lipinski definition) is 0. The van der Waals surface area contributed by atoms with Crippen molar-refractivity contribution >= 4 is 5.91 Å². The number of rotatable bonds is 4. The van der Waals surface area contributed by atoms with E-state index in [1.54, 1.807) is 23.7 Å². The third kappa shape index (κ3) is 3.29. The molecule has 0 N–H and O–H groups in total. The standard InChI is InChI=1S/C18H18N4O/c1-21(2)16(23)13-22-18(15-11-7-4-8-12-15)19-17(20-22)14-9-5-3-6-10-14/h3-12H,13H2,1-2H3. The molecule has 23 heavy (non-hydrogen) atoms. The molecule has 0 spiro atoms. The lowest BCUT2D eigenvalue weighted by atomic mass is 10.2. The SMILES string of the molecule is CN(C)C(=O)Cn1nc(-c2ccccc2)nc1-c1ccccc1. The van der Waals surface area contributed by atoms with Gasteiger partial charge >= 0.3 is 0 Å². The van der Waals surface area contributed by atoms with E-state index in [-0.39, 0.29) is 12.5 Å². The lowest BCUT2D eigenvalue weighted by Crippen LogP contribution is -2.27. The molecular weight excluding hydrogens is 288 g/mol. The van der Waals surface area contributed by atoms with Gasteiger partial charge in [-0.05, 0) is 0 Å². The minimum atomic E-state index is -0.0216. The van der Waals surface area contributed by atoms with Gasteiger partial charge in [0.15, 0.2) is 11.6 Å². The Morgan fingerprint density at radius 1 is 0.957 bits per heavy atom. The van der Waals surface area contributed by atoms with Gasteiger partial charge in [-0.2, -0.15) is 0 Å². The topological polar surface area (TPSA) is 51.0 Å². The molecule has 0 saturated carbocycles. The largest absolute Gasteiger partial charge is 0.347 e. The molecule has 0 aliphatic carbocycles. The molecule has 3 aromatic rings. The van der Waals surface area contributed by atoms with E-state index in [4.69, 9.17) is 0 Å². The van der Waals surface area contributed by atoms with Crippen LogP contribution in [0.5, 0.6) is 0 Å². The first-order valence-corrected chi connectivity index (χ1v) is 7.41. The maximum atomic E-state index is 12.1. The maximum absolute atomic E-state index is 12.1. The zero-order valence-electron chi connectivity index (χ0n) is 13.2. The molecule has 2 aromatic carbocycles. The molecule has 1 aromatic heterocycles. The van der Waals surface area contributed by atoms with E-state index >= 15 is 0 Å². The van der Waals surface area contributed by atoms with Crippen molar-refractivity contribution in [2.45, 2.75) is 6.54 Å². The number of likely N-dealkylation sites (N-methyl/N-ethyl adjacent to an activating group) is 1. The van der Waals surface area contributed by atoms with E-state index in [2.05, 4.69) is 10.1 Å². The van der Waals surface area contributed by atoms with Crippen molar-refractivity contribution in [1.29, 1.82) is 0 Å². The van der Waals surface area contributed by atoms with Gasteiger partial charge in [0.25, 0.3) is 0 Å². The average molecular weight is 306 g/mol. The number of nitrogens with zero attached hydrogens (tertiary/aromatic N) is 4. The summed E-state index contributed by atoms with van der Waals surface area (Å²) in [6.07, 6.45) is 0. The molecule has 0 bridgehead atoms. The first-order valence-electron chi connectivity index (χ1n) is 7.41. The van der Waals surface area contributed by atoms with E-state index < -0.39 is 0 Å². The highest BCUT2D eigenvalue weighted by molar-refractivity contribution is 5.76. The third-order valence-corrected chi connectivity index (χ3v) is 3.52. The van der Waals surface area contributed by atoms with Crippen LogP contribution in [-0.2, 0) is 11.3 Å². The Bertz CT molecular complexity index is 794. The molecule has 0 radical (unpaired) electrons. The molecule has 3 rings (SSSR count). The van der Waals surface area contributed by atoms with Crippen LogP contribution >= 0.6 is 0 Å². The third-order valence-electron chi connectivity index (χ3n) is 3.52. The highest BCUT2D eigenvalue weighted by Crippen LogP contribution is 2.22. The number of aromatic nitrogens is 3. The van der Waals surface area contributed by atoms with Gasteiger partial charge in [-0.3, -0.25) is 4.79 Å². The Morgan fingerprint density at radius 3 is 2.09 bits per heavy atom. The van der Waals surface area contributed by atoms with Crippen LogP contribution in [0.2, 0.25) is 0 Å². The molecule has 116 valence electrons. The molecule has 1 heterocycles. The zero-order chi connectivity index (χ0) is 16.2. The van der Waals surface area contributed by atoms with E-state index in [1.165, 1.54) is 0 Å². The number of amides is 1. The second kappa shape index (κ2) is 6.44. The van der Waals surface area contributed by atoms with Crippen LogP contribution in [0.3, 0.4) is 0 Å². The van der Waals surface area contributed by atoms with Crippen molar-refractivity contribution < 1.29 is 4.79 Å². The summed E-state index contributed by atoms with van der Waals surface area (Å²) in [5.74, 6) is 1.29. The Balaban J connectivity index is 2.05. The summed E-state index contributed by atoms with van der Waals surface area (Å²) in [4.78, 5) is 18.3. The first-order chi connectivity index (χ1) is 11.1. The summed E-state index contributed by atoms with van der Waals surface area (Å²) in [6, 6.07) is 19.6. The van der Waals surface area contributed by atoms with Crippen molar-refractivity contribution in [3.8, 4) is 22.8 Å². The Labute approximate surface area is 135 Å². The Morgan fingerprint density at radius 2 is 1.52 bits per heavy atom. The molecule has 5 nitrogen and oxygen atoms in total. The van der Waals surface area contributed by atoms with Gasteiger partial charge in [-0.15, -0.1) is 5.10 Å². The quantitative estimate of drug-likeness (QED) is 0.744. The summed E-state index contributed by atoms with van der Waals surface area (Å²) in [5.41, 5.74) is 1.87. The lowest BCUT2D eigenvalue weighted by molar-refractivity contribution is -0.129. The van der Waals surface area contributed by atoms with Gasteiger partial charge in [0.05, 0.1) is 0 Å². The van der Waals surface area contributed by atoms with Crippen LogP contribution in [0, 0.1) is 0 Å². The number of hydrogen-bond acceptors (Lipinski definition) is 3. The normalized spacial score (nSPS) is 10.5. The monoisotopic (exact) mass is 306 g/mol. The van der Waals surface area contributed by atoms with Crippen LogP contribution in [0.25, 0.3) is 22.8 Å². The molecule has 1 amide bonds.